The van der Waals surface area contributed by atoms with Crippen LogP contribution in [0.4, 0.5) is 5.69 Å². The zero-order valence-corrected chi connectivity index (χ0v) is 12.3. The summed E-state index contributed by atoms with van der Waals surface area (Å²) in [7, 11) is 0. The van der Waals surface area contributed by atoms with Gasteiger partial charge in [0.15, 0.2) is 0 Å². The normalized spacial score (nSPS) is 11.4. The Kier molecular flexibility index (Phi) is 3.97. The van der Waals surface area contributed by atoms with Crippen molar-refractivity contribution in [2.24, 2.45) is 0 Å². The number of nitrogens with zero attached hydrogens (tertiary/aromatic N) is 1. The molecular formula is C19H16N2O. The lowest BCUT2D eigenvalue weighted by atomic mass is 10.1. The third kappa shape index (κ3) is 3.20. The van der Waals surface area contributed by atoms with Gasteiger partial charge in [-0.2, -0.15) is 0 Å². The lowest BCUT2D eigenvalue weighted by Gasteiger charge is -2.06. The predicted molar refractivity (Wildman–Crippen MR) is 90.5 cm³/mol. The molecule has 0 fully saturated rings. The SMILES string of the molecule is C/C(=C\c1ccccc1)C(=O)Nc1cnc2ccccc2c1. The number of fused-ring (bicyclic) bond motifs is 1. The van der Waals surface area contributed by atoms with Crippen molar-refractivity contribution in [3.63, 3.8) is 0 Å². The van der Waals surface area contributed by atoms with Crippen molar-refractivity contribution < 1.29 is 4.79 Å². The van der Waals surface area contributed by atoms with Gasteiger partial charge in [0, 0.05) is 11.0 Å². The maximum Gasteiger partial charge on any atom is 0.251 e. The fourth-order valence-corrected chi connectivity index (χ4v) is 2.23. The molecule has 22 heavy (non-hydrogen) atoms. The highest BCUT2D eigenvalue weighted by Crippen LogP contribution is 2.17. The fourth-order valence-electron chi connectivity index (χ4n) is 2.23. The van der Waals surface area contributed by atoms with Gasteiger partial charge < -0.3 is 5.32 Å². The predicted octanol–water partition coefficient (Wildman–Crippen LogP) is 4.28. The van der Waals surface area contributed by atoms with Crippen LogP contribution in [0.3, 0.4) is 0 Å². The number of amides is 1. The Labute approximate surface area is 129 Å². The fraction of sp³-hybridized carbons (Fsp3) is 0.0526. The molecule has 0 unspecified atom stereocenters. The van der Waals surface area contributed by atoms with Crippen molar-refractivity contribution in [3.8, 4) is 0 Å². The van der Waals surface area contributed by atoms with Crippen molar-refractivity contribution in [3.05, 3.63) is 78.0 Å². The number of anilines is 1. The van der Waals surface area contributed by atoms with Crippen molar-refractivity contribution >= 4 is 28.6 Å². The van der Waals surface area contributed by atoms with Gasteiger partial charge in [0.25, 0.3) is 5.91 Å². The minimum atomic E-state index is -0.124. The number of para-hydroxylation sites is 1. The third-order valence-corrected chi connectivity index (χ3v) is 3.39. The van der Waals surface area contributed by atoms with Crippen LogP contribution in [-0.2, 0) is 4.79 Å². The largest absolute Gasteiger partial charge is 0.321 e. The molecule has 3 rings (SSSR count). The van der Waals surface area contributed by atoms with E-state index in [1.807, 2.05) is 66.7 Å². The molecule has 2 aromatic carbocycles. The van der Waals surface area contributed by atoms with Gasteiger partial charge in [-0.1, -0.05) is 48.5 Å². The highest BCUT2D eigenvalue weighted by atomic mass is 16.1. The second-order valence-electron chi connectivity index (χ2n) is 5.11. The zero-order valence-electron chi connectivity index (χ0n) is 12.3. The van der Waals surface area contributed by atoms with Crippen LogP contribution in [0.2, 0.25) is 0 Å². The highest BCUT2D eigenvalue weighted by Gasteiger charge is 2.06. The number of pyridine rings is 1. The Balaban J connectivity index is 1.79. The smallest absolute Gasteiger partial charge is 0.251 e. The first-order chi connectivity index (χ1) is 10.7. The summed E-state index contributed by atoms with van der Waals surface area (Å²) in [6.45, 7) is 1.80. The van der Waals surface area contributed by atoms with Crippen LogP contribution >= 0.6 is 0 Å². The number of benzene rings is 2. The topological polar surface area (TPSA) is 42.0 Å². The standard InChI is InChI=1S/C19H16N2O/c1-14(11-15-7-3-2-4-8-15)19(22)21-17-12-16-9-5-6-10-18(16)20-13-17/h2-13H,1H3,(H,21,22)/b14-11+. The van der Waals surface area contributed by atoms with Gasteiger partial charge in [-0.25, -0.2) is 0 Å². The van der Waals surface area contributed by atoms with Crippen LogP contribution < -0.4 is 5.32 Å². The molecule has 1 aromatic heterocycles. The summed E-state index contributed by atoms with van der Waals surface area (Å²) >= 11 is 0. The Bertz CT molecular complexity index is 838. The number of hydrogen-bond acceptors (Lipinski definition) is 2. The molecule has 1 N–H and O–H groups in total. The molecule has 1 amide bonds. The number of carbonyl (C=O) groups excluding carboxylic acids is 1. The van der Waals surface area contributed by atoms with E-state index in [2.05, 4.69) is 10.3 Å². The average Bonchev–Trinajstić information content (AvgIpc) is 2.55. The minimum absolute atomic E-state index is 0.124. The van der Waals surface area contributed by atoms with Crippen molar-refractivity contribution in [2.75, 3.05) is 5.32 Å². The number of hydrogen-bond donors (Lipinski definition) is 1. The van der Waals surface area contributed by atoms with E-state index in [1.165, 1.54) is 0 Å². The first kappa shape index (κ1) is 14.0. The van der Waals surface area contributed by atoms with Crippen LogP contribution in [0.1, 0.15) is 12.5 Å². The molecule has 0 aliphatic carbocycles. The summed E-state index contributed by atoms with van der Waals surface area (Å²) in [6, 6.07) is 19.5. The monoisotopic (exact) mass is 288 g/mol. The molecule has 3 aromatic rings. The van der Waals surface area contributed by atoms with Crippen molar-refractivity contribution in [1.29, 1.82) is 0 Å². The van der Waals surface area contributed by atoms with Crippen LogP contribution in [0.15, 0.2) is 72.4 Å². The van der Waals surface area contributed by atoms with Gasteiger partial charge in [0.2, 0.25) is 0 Å². The number of aromatic nitrogens is 1. The molecular weight excluding hydrogens is 272 g/mol. The van der Waals surface area contributed by atoms with Gasteiger partial charge >= 0.3 is 0 Å². The van der Waals surface area contributed by atoms with E-state index >= 15 is 0 Å². The Morgan fingerprint density at radius 3 is 2.59 bits per heavy atom. The molecule has 0 aliphatic heterocycles. The van der Waals surface area contributed by atoms with Crippen LogP contribution in [0.25, 0.3) is 17.0 Å². The number of carbonyl (C=O) groups is 1. The van der Waals surface area contributed by atoms with E-state index in [1.54, 1.807) is 13.1 Å². The van der Waals surface area contributed by atoms with Gasteiger partial charge in [-0.3, -0.25) is 9.78 Å². The molecule has 3 nitrogen and oxygen atoms in total. The van der Waals surface area contributed by atoms with Crippen molar-refractivity contribution in [2.45, 2.75) is 6.92 Å². The van der Waals surface area contributed by atoms with Gasteiger partial charge in [0.1, 0.15) is 0 Å². The summed E-state index contributed by atoms with van der Waals surface area (Å²) < 4.78 is 0. The molecule has 0 atom stereocenters. The quantitative estimate of drug-likeness (QED) is 0.731. The minimum Gasteiger partial charge on any atom is -0.321 e. The Hall–Kier alpha value is -2.94. The maximum atomic E-state index is 12.2. The van der Waals surface area contributed by atoms with Crippen LogP contribution in [0.5, 0.6) is 0 Å². The molecule has 108 valence electrons. The maximum absolute atomic E-state index is 12.2. The Morgan fingerprint density at radius 1 is 1.05 bits per heavy atom. The van der Waals surface area contributed by atoms with E-state index in [0.717, 1.165) is 16.5 Å². The van der Waals surface area contributed by atoms with E-state index in [4.69, 9.17) is 0 Å². The average molecular weight is 288 g/mol. The molecule has 0 saturated heterocycles. The molecule has 0 bridgehead atoms. The molecule has 1 heterocycles. The first-order valence-corrected chi connectivity index (χ1v) is 7.12. The van der Waals surface area contributed by atoms with Gasteiger partial charge in [0.05, 0.1) is 17.4 Å². The zero-order chi connectivity index (χ0) is 15.4. The molecule has 0 aliphatic rings. The summed E-state index contributed by atoms with van der Waals surface area (Å²) in [5.74, 6) is -0.124. The van der Waals surface area contributed by atoms with E-state index in [9.17, 15) is 4.79 Å². The Morgan fingerprint density at radius 2 is 1.77 bits per heavy atom. The van der Waals surface area contributed by atoms with E-state index in [0.29, 0.717) is 11.3 Å². The summed E-state index contributed by atoms with van der Waals surface area (Å²) in [6.07, 6.45) is 3.54. The summed E-state index contributed by atoms with van der Waals surface area (Å²) in [5, 5.41) is 3.89. The second-order valence-corrected chi connectivity index (χ2v) is 5.11. The van der Waals surface area contributed by atoms with E-state index in [-0.39, 0.29) is 5.91 Å². The molecule has 3 heteroatoms. The number of rotatable bonds is 3. The lowest BCUT2D eigenvalue weighted by molar-refractivity contribution is -0.112. The summed E-state index contributed by atoms with van der Waals surface area (Å²) in [4.78, 5) is 16.6. The van der Waals surface area contributed by atoms with Gasteiger partial charge in [-0.05, 0) is 30.7 Å². The number of nitrogens with one attached hydrogen (secondary N) is 1. The third-order valence-electron chi connectivity index (χ3n) is 3.39. The first-order valence-electron chi connectivity index (χ1n) is 7.12. The van der Waals surface area contributed by atoms with Crippen LogP contribution in [-0.4, -0.2) is 10.9 Å². The molecule has 0 spiro atoms. The highest BCUT2D eigenvalue weighted by molar-refractivity contribution is 6.06. The molecule has 0 radical (unpaired) electrons. The van der Waals surface area contributed by atoms with Crippen LogP contribution in [0, 0.1) is 0 Å². The lowest BCUT2D eigenvalue weighted by Crippen LogP contribution is -2.12. The molecule has 0 saturated carbocycles. The van der Waals surface area contributed by atoms with E-state index < -0.39 is 0 Å². The van der Waals surface area contributed by atoms with Gasteiger partial charge in [-0.15, -0.1) is 0 Å². The van der Waals surface area contributed by atoms with Crippen molar-refractivity contribution in [1.82, 2.24) is 4.98 Å². The second kappa shape index (κ2) is 6.22. The summed E-state index contributed by atoms with van der Waals surface area (Å²) in [5.41, 5.74) is 3.27.